The summed E-state index contributed by atoms with van der Waals surface area (Å²) in [5, 5.41) is 3.77. The number of benzene rings is 1. The predicted molar refractivity (Wildman–Crippen MR) is 118 cm³/mol. The third-order valence-corrected chi connectivity index (χ3v) is 7.75. The first kappa shape index (κ1) is 19.6. The zero-order valence-corrected chi connectivity index (χ0v) is 18.1. The predicted octanol–water partition coefficient (Wildman–Crippen LogP) is 6.01. The molecule has 1 N–H and O–H groups in total. The van der Waals surface area contributed by atoms with Gasteiger partial charge >= 0.3 is 0 Å². The zero-order chi connectivity index (χ0) is 19.8. The van der Waals surface area contributed by atoms with Crippen LogP contribution in [0.25, 0.3) is 0 Å². The van der Waals surface area contributed by atoms with E-state index in [-0.39, 0.29) is 0 Å². The maximum atomic E-state index is 4.25. The van der Waals surface area contributed by atoms with E-state index < -0.39 is 0 Å². The van der Waals surface area contributed by atoms with Gasteiger partial charge in [-0.05, 0) is 76.7 Å². The van der Waals surface area contributed by atoms with Crippen molar-refractivity contribution in [2.75, 3.05) is 6.54 Å². The molecule has 0 saturated heterocycles. The molecule has 2 heteroatoms. The summed E-state index contributed by atoms with van der Waals surface area (Å²) in [4.78, 5) is 4.25. The van der Waals surface area contributed by atoms with E-state index in [2.05, 4.69) is 62.3 Å². The third-order valence-electron chi connectivity index (χ3n) is 7.75. The van der Waals surface area contributed by atoms with Gasteiger partial charge in [0, 0.05) is 25.5 Å². The van der Waals surface area contributed by atoms with E-state index in [0.29, 0.717) is 16.7 Å². The average Bonchev–Trinajstić information content (AvgIpc) is 2.68. The van der Waals surface area contributed by atoms with E-state index >= 15 is 0 Å². The number of hydrogen-bond acceptors (Lipinski definition) is 2. The second kappa shape index (κ2) is 7.63. The highest BCUT2D eigenvalue weighted by molar-refractivity contribution is 5.42. The molecule has 150 valence electrons. The minimum atomic E-state index is 0.325. The summed E-state index contributed by atoms with van der Waals surface area (Å²) >= 11 is 0. The van der Waals surface area contributed by atoms with Crippen LogP contribution in [0.5, 0.6) is 0 Å². The molecule has 0 bridgehead atoms. The Morgan fingerprint density at radius 3 is 2.79 bits per heavy atom. The molecule has 0 unspecified atom stereocenters. The summed E-state index contributed by atoms with van der Waals surface area (Å²) < 4.78 is 0. The lowest BCUT2D eigenvalue weighted by atomic mass is 9.49. The minimum absolute atomic E-state index is 0.325. The zero-order valence-electron chi connectivity index (χ0n) is 18.1. The summed E-state index contributed by atoms with van der Waals surface area (Å²) in [7, 11) is 0. The Balaban J connectivity index is 1.54. The lowest BCUT2D eigenvalue weighted by Crippen LogP contribution is -2.52. The first-order valence-electron chi connectivity index (χ1n) is 11.2. The van der Waals surface area contributed by atoms with Gasteiger partial charge in [0.25, 0.3) is 0 Å². The van der Waals surface area contributed by atoms with Gasteiger partial charge < -0.3 is 5.32 Å². The molecule has 1 aromatic heterocycles. The van der Waals surface area contributed by atoms with E-state index in [9.17, 15) is 0 Å². The Bertz CT molecular complexity index is 812. The number of nitrogens with one attached hydrogen (secondary N) is 1. The van der Waals surface area contributed by atoms with Crippen LogP contribution < -0.4 is 5.32 Å². The Kier molecular flexibility index (Phi) is 5.35. The number of fused-ring (bicyclic) bond motifs is 3. The first-order chi connectivity index (χ1) is 13.4. The van der Waals surface area contributed by atoms with Gasteiger partial charge in [-0.3, -0.25) is 4.98 Å². The standard InChI is InChI=1S/C26H36N2/c1-19(2)21-8-10-23-22(15-21)9-11-24-25(3,12-6-13-26(23,24)4)18-28-17-20-7-5-14-27-16-20/h5,7-8,10,14-16,19,24,28H,6,9,11-13,17-18H2,1-4H3/t24-,25+,26+/m0/s1. The molecule has 0 aliphatic heterocycles. The largest absolute Gasteiger partial charge is 0.312 e. The van der Waals surface area contributed by atoms with Crippen LogP contribution in [0.1, 0.15) is 81.5 Å². The van der Waals surface area contributed by atoms with Crippen molar-refractivity contribution in [3.63, 3.8) is 0 Å². The molecule has 1 saturated carbocycles. The second-order valence-electron chi connectivity index (χ2n) is 10.1. The van der Waals surface area contributed by atoms with Crippen molar-refractivity contribution in [2.24, 2.45) is 11.3 Å². The van der Waals surface area contributed by atoms with Gasteiger partial charge in [0.15, 0.2) is 0 Å². The fourth-order valence-corrected chi connectivity index (χ4v) is 6.21. The fraction of sp³-hybridized carbons (Fsp3) is 0.577. The molecular formula is C26H36N2. The Morgan fingerprint density at radius 2 is 2.04 bits per heavy atom. The summed E-state index contributed by atoms with van der Waals surface area (Å²) in [5.41, 5.74) is 6.73. The van der Waals surface area contributed by atoms with Gasteiger partial charge in [0.1, 0.15) is 0 Å². The number of pyridine rings is 1. The van der Waals surface area contributed by atoms with Crippen molar-refractivity contribution < 1.29 is 0 Å². The van der Waals surface area contributed by atoms with Crippen molar-refractivity contribution >= 4 is 0 Å². The molecule has 3 atom stereocenters. The van der Waals surface area contributed by atoms with E-state index in [0.717, 1.165) is 19.0 Å². The Labute approximate surface area is 171 Å². The summed E-state index contributed by atoms with van der Waals surface area (Å²) in [5.74, 6) is 1.37. The van der Waals surface area contributed by atoms with Crippen LogP contribution >= 0.6 is 0 Å². The van der Waals surface area contributed by atoms with Crippen molar-refractivity contribution in [1.29, 1.82) is 0 Å². The van der Waals surface area contributed by atoms with Crippen LogP contribution in [0.4, 0.5) is 0 Å². The molecule has 0 radical (unpaired) electrons. The molecule has 0 spiro atoms. The maximum Gasteiger partial charge on any atom is 0.0312 e. The minimum Gasteiger partial charge on any atom is -0.312 e. The van der Waals surface area contributed by atoms with Gasteiger partial charge in [-0.15, -0.1) is 0 Å². The van der Waals surface area contributed by atoms with Crippen molar-refractivity contribution in [3.8, 4) is 0 Å². The van der Waals surface area contributed by atoms with E-state index in [1.807, 2.05) is 18.5 Å². The van der Waals surface area contributed by atoms with Crippen molar-refractivity contribution in [3.05, 3.63) is 65.0 Å². The van der Waals surface area contributed by atoms with E-state index in [1.54, 1.807) is 11.1 Å². The van der Waals surface area contributed by atoms with Gasteiger partial charge in [-0.25, -0.2) is 0 Å². The van der Waals surface area contributed by atoms with Crippen molar-refractivity contribution in [1.82, 2.24) is 10.3 Å². The molecule has 2 aromatic rings. The van der Waals surface area contributed by atoms with Crippen LogP contribution in [0.2, 0.25) is 0 Å². The van der Waals surface area contributed by atoms with Crippen molar-refractivity contribution in [2.45, 2.75) is 77.7 Å². The highest BCUT2D eigenvalue weighted by Gasteiger charge is 2.51. The van der Waals surface area contributed by atoms with Gasteiger partial charge in [-0.2, -0.15) is 0 Å². The smallest absolute Gasteiger partial charge is 0.0312 e. The van der Waals surface area contributed by atoms with Crippen LogP contribution in [0.15, 0.2) is 42.7 Å². The summed E-state index contributed by atoms with van der Waals surface area (Å²) in [6.07, 6.45) is 10.4. The normalized spacial score (nSPS) is 29.4. The van der Waals surface area contributed by atoms with E-state index in [4.69, 9.17) is 0 Å². The highest BCUT2D eigenvalue weighted by atomic mass is 14.9. The molecule has 0 amide bonds. The first-order valence-corrected chi connectivity index (χ1v) is 11.2. The third kappa shape index (κ3) is 3.52. The molecule has 1 heterocycles. The fourth-order valence-electron chi connectivity index (χ4n) is 6.21. The molecule has 2 aliphatic carbocycles. The Morgan fingerprint density at radius 1 is 1.18 bits per heavy atom. The molecule has 4 rings (SSSR count). The molecule has 1 aromatic carbocycles. The number of hydrogen-bond donors (Lipinski definition) is 1. The molecule has 2 aliphatic rings. The lowest BCUT2D eigenvalue weighted by molar-refractivity contribution is 0.0257. The quantitative estimate of drug-likeness (QED) is 0.692. The van der Waals surface area contributed by atoms with E-state index in [1.165, 1.54) is 43.2 Å². The monoisotopic (exact) mass is 376 g/mol. The van der Waals surface area contributed by atoms with Crippen LogP contribution in [-0.4, -0.2) is 11.5 Å². The van der Waals surface area contributed by atoms with Gasteiger partial charge in [0.2, 0.25) is 0 Å². The lowest BCUT2D eigenvalue weighted by Gasteiger charge is -2.55. The number of aromatic nitrogens is 1. The highest BCUT2D eigenvalue weighted by Crippen LogP contribution is 2.57. The summed E-state index contributed by atoms with van der Waals surface area (Å²) in [6.45, 7) is 11.7. The molecule has 28 heavy (non-hydrogen) atoms. The van der Waals surface area contributed by atoms with Gasteiger partial charge in [-0.1, -0.05) is 58.4 Å². The number of rotatable bonds is 5. The second-order valence-corrected chi connectivity index (χ2v) is 10.1. The molecule has 1 fully saturated rings. The molecule has 2 nitrogen and oxygen atoms in total. The van der Waals surface area contributed by atoms with Gasteiger partial charge in [0.05, 0.1) is 0 Å². The topological polar surface area (TPSA) is 24.9 Å². The van der Waals surface area contributed by atoms with Crippen LogP contribution in [0, 0.1) is 11.3 Å². The molecular weight excluding hydrogens is 340 g/mol. The average molecular weight is 377 g/mol. The van der Waals surface area contributed by atoms with Crippen LogP contribution in [0.3, 0.4) is 0 Å². The maximum absolute atomic E-state index is 4.25. The SMILES string of the molecule is CC(C)c1ccc2c(c1)CC[C@H]1[C@@](C)(CNCc3cccnc3)CCC[C@]21C. The number of aryl methyl sites for hydroxylation is 1. The Hall–Kier alpha value is -1.67. The summed E-state index contributed by atoms with van der Waals surface area (Å²) in [6, 6.07) is 11.6. The number of nitrogens with zero attached hydrogens (tertiary/aromatic N) is 1. The van der Waals surface area contributed by atoms with Crippen LogP contribution in [-0.2, 0) is 18.4 Å².